The first-order valence-corrected chi connectivity index (χ1v) is 8.67. The van der Waals surface area contributed by atoms with Crippen molar-refractivity contribution < 1.29 is 4.79 Å². The number of hydrogen-bond acceptors (Lipinski definition) is 4. The van der Waals surface area contributed by atoms with E-state index in [2.05, 4.69) is 20.3 Å². The maximum Gasteiger partial charge on any atom is 0.271 e. The van der Waals surface area contributed by atoms with Crippen LogP contribution in [0.2, 0.25) is 0 Å². The summed E-state index contributed by atoms with van der Waals surface area (Å²) in [4.78, 5) is 31.3. The van der Waals surface area contributed by atoms with Crippen molar-refractivity contribution in [1.82, 2.24) is 29.9 Å². The van der Waals surface area contributed by atoms with Gasteiger partial charge in [-0.1, -0.05) is 18.2 Å². The molecule has 3 heterocycles. The number of benzene rings is 1. The van der Waals surface area contributed by atoms with E-state index in [1.165, 1.54) is 10.7 Å². The van der Waals surface area contributed by atoms with Crippen LogP contribution >= 0.6 is 0 Å². The van der Waals surface area contributed by atoms with Crippen LogP contribution in [0.25, 0.3) is 5.69 Å². The van der Waals surface area contributed by atoms with Gasteiger partial charge in [0.2, 0.25) is 0 Å². The van der Waals surface area contributed by atoms with Gasteiger partial charge >= 0.3 is 0 Å². The first-order valence-electron chi connectivity index (χ1n) is 8.67. The molecule has 0 saturated carbocycles. The molecule has 26 heavy (non-hydrogen) atoms. The largest absolute Gasteiger partial charge is 0.337 e. The summed E-state index contributed by atoms with van der Waals surface area (Å²) in [6.07, 6.45) is 1.83. The number of aromatic nitrogens is 5. The molecule has 0 bridgehead atoms. The van der Waals surface area contributed by atoms with Crippen molar-refractivity contribution in [1.29, 1.82) is 0 Å². The zero-order chi connectivity index (χ0) is 18.1. The smallest absolute Gasteiger partial charge is 0.271 e. The highest BCUT2D eigenvalue weighted by Crippen LogP contribution is 2.25. The van der Waals surface area contributed by atoms with Gasteiger partial charge in [0.05, 0.1) is 5.69 Å². The second kappa shape index (κ2) is 6.62. The molecule has 1 unspecified atom stereocenters. The van der Waals surface area contributed by atoms with Gasteiger partial charge in [0.1, 0.15) is 11.5 Å². The van der Waals surface area contributed by atoms with Crippen molar-refractivity contribution in [2.24, 2.45) is 0 Å². The molecule has 0 aliphatic carbocycles. The minimum atomic E-state index is -0.252. The van der Waals surface area contributed by atoms with Crippen molar-refractivity contribution in [3.05, 3.63) is 64.1 Å². The zero-order valence-electron chi connectivity index (χ0n) is 14.5. The predicted octanol–water partition coefficient (Wildman–Crippen LogP) is 1.61. The molecule has 1 aliphatic rings. The van der Waals surface area contributed by atoms with Crippen molar-refractivity contribution in [3.8, 4) is 5.69 Å². The van der Waals surface area contributed by atoms with Gasteiger partial charge in [-0.15, -0.1) is 0 Å². The third-order valence-corrected chi connectivity index (χ3v) is 4.65. The van der Waals surface area contributed by atoms with Crippen molar-refractivity contribution >= 4 is 5.91 Å². The third kappa shape index (κ3) is 3.05. The SMILES string of the molecule is Cc1nc(C2CCCN(C(=O)c3cc(=O)n(-c4ccccc4)[nH]3)C2)n[nH]1. The van der Waals surface area contributed by atoms with Gasteiger partial charge in [-0.05, 0) is 31.9 Å². The van der Waals surface area contributed by atoms with E-state index in [1.807, 2.05) is 37.3 Å². The summed E-state index contributed by atoms with van der Waals surface area (Å²) in [5.74, 6) is 1.46. The Bertz CT molecular complexity index is 971. The van der Waals surface area contributed by atoms with Gasteiger partial charge in [-0.3, -0.25) is 19.8 Å². The highest BCUT2D eigenvalue weighted by atomic mass is 16.2. The summed E-state index contributed by atoms with van der Waals surface area (Å²) in [5, 5.41) is 10.0. The number of piperidine rings is 1. The first kappa shape index (κ1) is 16.3. The Morgan fingerprint density at radius 2 is 2.08 bits per heavy atom. The van der Waals surface area contributed by atoms with Crippen LogP contribution in [0.3, 0.4) is 0 Å². The molecule has 1 saturated heterocycles. The normalized spacial score (nSPS) is 17.4. The molecule has 4 rings (SSSR count). The molecule has 8 nitrogen and oxygen atoms in total. The quantitative estimate of drug-likeness (QED) is 0.748. The highest BCUT2D eigenvalue weighted by molar-refractivity contribution is 5.92. The van der Waals surface area contributed by atoms with Crippen LogP contribution in [-0.4, -0.2) is 48.9 Å². The van der Waals surface area contributed by atoms with Crippen LogP contribution in [0.1, 0.15) is 40.9 Å². The summed E-state index contributed by atoms with van der Waals surface area (Å²) in [5.41, 5.74) is 0.743. The number of H-pyrrole nitrogens is 2. The maximum absolute atomic E-state index is 12.9. The molecule has 1 aliphatic heterocycles. The number of aromatic amines is 2. The molecular weight excluding hydrogens is 332 g/mol. The van der Waals surface area contributed by atoms with Crippen LogP contribution in [-0.2, 0) is 0 Å². The van der Waals surface area contributed by atoms with Gasteiger partial charge < -0.3 is 4.90 Å². The molecule has 1 amide bonds. The van der Waals surface area contributed by atoms with E-state index in [4.69, 9.17) is 0 Å². The topological polar surface area (TPSA) is 99.7 Å². The number of carbonyl (C=O) groups is 1. The van der Waals surface area contributed by atoms with E-state index in [9.17, 15) is 9.59 Å². The monoisotopic (exact) mass is 352 g/mol. The van der Waals surface area contributed by atoms with Gasteiger partial charge in [0.25, 0.3) is 11.5 Å². The zero-order valence-corrected chi connectivity index (χ0v) is 14.5. The second-order valence-corrected chi connectivity index (χ2v) is 6.55. The third-order valence-electron chi connectivity index (χ3n) is 4.65. The van der Waals surface area contributed by atoms with Crippen molar-refractivity contribution in [3.63, 3.8) is 0 Å². The van der Waals surface area contributed by atoms with E-state index in [0.717, 1.165) is 24.5 Å². The Balaban J connectivity index is 1.55. The van der Waals surface area contributed by atoms with Gasteiger partial charge in [-0.2, -0.15) is 5.10 Å². The number of aryl methyl sites for hydroxylation is 1. The Morgan fingerprint density at radius 3 is 2.81 bits per heavy atom. The number of carbonyl (C=O) groups excluding carboxylic acids is 1. The maximum atomic E-state index is 12.9. The number of hydrogen-bond donors (Lipinski definition) is 2. The highest BCUT2D eigenvalue weighted by Gasteiger charge is 2.28. The molecular formula is C18H20N6O2. The van der Waals surface area contributed by atoms with Crippen LogP contribution < -0.4 is 5.56 Å². The number of nitrogens with one attached hydrogen (secondary N) is 2. The minimum absolute atomic E-state index is 0.112. The average molecular weight is 352 g/mol. The summed E-state index contributed by atoms with van der Waals surface area (Å²) < 4.78 is 1.38. The molecule has 0 radical (unpaired) electrons. The molecule has 8 heteroatoms. The fourth-order valence-electron chi connectivity index (χ4n) is 3.36. The van der Waals surface area contributed by atoms with Crippen molar-refractivity contribution in [2.75, 3.05) is 13.1 Å². The van der Waals surface area contributed by atoms with E-state index in [0.29, 0.717) is 24.5 Å². The van der Waals surface area contributed by atoms with E-state index >= 15 is 0 Å². The lowest BCUT2D eigenvalue weighted by atomic mass is 9.97. The fraction of sp³-hybridized carbons (Fsp3) is 0.333. The van der Waals surface area contributed by atoms with Crippen LogP contribution in [0, 0.1) is 6.92 Å². The first-order chi connectivity index (χ1) is 12.6. The Hall–Kier alpha value is -3.16. The summed E-state index contributed by atoms with van der Waals surface area (Å²) >= 11 is 0. The fourth-order valence-corrected chi connectivity index (χ4v) is 3.36. The van der Waals surface area contributed by atoms with E-state index < -0.39 is 0 Å². The molecule has 1 aromatic carbocycles. The lowest BCUT2D eigenvalue weighted by Gasteiger charge is -2.31. The summed E-state index contributed by atoms with van der Waals surface area (Å²) in [6, 6.07) is 10.6. The number of rotatable bonds is 3. The van der Waals surface area contributed by atoms with Crippen LogP contribution in [0.4, 0.5) is 0 Å². The number of para-hydroxylation sites is 1. The van der Waals surface area contributed by atoms with Gasteiger partial charge in [0.15, 0.2) is 5.82 Å². The lowest BCUT2D eigenvalue weighted by Crippen LogP contribution is -2.39. The standard InChI is InChI=1S/C18H20N6O2/c1-12-19-17(21-20-12)13-6-5-9-23(11-13)18(26)15-10-16(25)24(22-15)14-7-3-2-4-8-14/h2-4,7-8,10,13,22H,5-6,9,11H2,1H3,(H,19,20,21). The van der Waals surface area contributed by atoms with Crippen LogP contribution in [0.15, 0.2) is 41.2 Å². The van der Waals surface area contributed by atoms with Gasteiger partial charge in [-0.25, -0.2) is 9.67 Å². The molecule has 2 aromatic heterocycles. The molecule has 0 spiro atoms. The van der Waals surface area contributed by atoms with E-state index in [-0.39, 0.29) is 17.4 Å². The molecule has 1 atom stereocenters. The molecule has 134 valence electrons. The number of amides is 1. The summed E-state index contributed by atoms with van der Waals surface area (Å²) in [6.45, 7) is 3.07. The van der Waals surface area contributed by atoms with E-state index in [1.54, 1.807) is 4.90 Å². The Labute approximate surface area is 149 Å². The molecule has 2 N–H and O–H groups in total. The Kier molecular flexibility index (Phi) is 4.16. The minimum Gasteiger partial charge on any atom is -0.337 e. The van der Waals surface area contributed by atoms with Crippen LogP contribution in [0.5, 0.6) is 0 Å². The van der Waals surface area contributed by atoms with Gasteiger partial charge in [0, 0.05) is 25.1 Å². The lowest BCUT2D eigenvalue weighted by molar-refractivity contribution is 0.0698. The van der Waals surface area contributed by atoms with Crippen molar-refractivity contribution in [2.45, 2.75) is 25.7 Å². The predicted molar refractivity (Wildman–Crippen MR) is 95.4 cm³/mol. The number of likely N-dealkylation sites (tertiary alicyclic amines) is 1. The summed E-state index contributed by atoms with van der Waals surface area (Å²) in [7, 11) is 0. The number of nitrogens with zero attached hydrogens (tertiary/aromatic N) is 4. The molecule has 1 fully saturated rings. The molecule has 3 aromatic rings. The second-order valence-electron chi connectivity index (χ2n) is 6.55. The Morgan fingerprint density at radius 1 is 1.27 bits per heavy atom. The average Bonchev–Trinajstić information content (AvgIpc) is 3.28.